The fraction of sp³-hybridized carbons (Fsp3) is 0.917. The zero-order valence-corrected chi connectivity index (χ0v) is 10.4. The van der Waals surface area contributed by atoms with Gasteiger partial charge in [-0.3, -0.25) is 4.79 Å². The monoisotopic (exact) mass is 243 g/mol. The van der Waals surface area contributed by atoms with E-state index in [1.807, 2.05) is 6.92 Å². The Labute approximate surface area is 102 Å². The van der Waals surface area contributed by atoms with Gasteiger partial charge in [0.15, 0.2) is 5.79 Å². The van der Waals surface area contributed by atoms with Gasteiger partial charge in [-0.25, -0.2) is 0 Å². The van der Waals surface area contributed by atoms with Crippen LogP contribution < -0.4 is 5.32 Å². The maximum absolute atomic E-state index is 11.5. The molecular weight excluding hydrogens is 222 g/mol. The molecule has 0 radical (unpaired) electrons. The lowest BCUT2D eigenvalue weighted by atomic mass is 9.90. The Morgan fingerprint density at radius 1 is 1.35 bits per heavy atom. The molecule has 0 aromatic carbocycles. The van der Waals surface area contributed by atoms with Gasteiger partial charge in [-0.15, -0.1) is 0 Å². The second-order valence-electron chi connectivity index (χ2n) is 4.59. The maximum atomic E-state index is 11.5. The molecule has 0 aromatic heterocycles. The molecule has 1 heterocycles. The molecule has 1 N–H and O–H groups in total. The van der Waals surface area contributed by atoms with Gasteiger partial charge >= 0.3 is 0 Å². The smallest absolute Gasteiger partial charge is 0.246 e. The molecule has 0 bridgehead atoms. The third kappa shape index (κ3) is 3.40. The van der Waals surface area contributed by atoms with Crippen LogP contribution in [0.5, 0.6) is 0 Å². The number of nitrogens with one attached hydrogen (secondary N) is 1. The number of ether oxygens (including phenoxy) is 3. The molecule has 1 saturated heterocycles. The fourth-order valence-electron chi connectivity index (χ4n) is 2.45. The Kier molecular flexibility index (Phi) is 4.36. The van der Waals surface area contributed by atoms with Gasteiger partial charge in [0.1, 0.15) is 6.61 Å². The van der Waals surface area contributed by atoms with E-state index in [9.17, 15) is 4.79 Å². The SMILES string of the molecule is CCOCC(=O)NC1CCC2(CC1)OCCO2. The van der Waals surface area contributed by atoms with Crippen LogP contribution in [0.3, 0.4) is 0 Å². The second-order valence-corrected chi connectivity index (χ2v) is 4.59. The van der Waals surface area contributed by atoms with Gasteiger partial charge in [-0.2, -0.15) is 0 Å². The van der Waals surface area contributed by atoms with Crippen LogP contribution in [0.15, 0.2) is 0 Å². The molecule has 0 aromatic rings. The molecule has 1 spiro atoms. The highest BCUT2D eigenvalue weighted by molar-refractivity contribution is 5.77. The van der Waals surface area contributed by atoms with E-state index in [1.54, 1.807) is 0 Å². The van der Waals surface area contributed by atoms with Crippen molar-refractivity contribution in [2.45, 2.75) is 44.4 Å². The van der Waals surface area contributed by atoms with Crippen molar-refractivity contribution in [1.29, 1.82) is 0 Å². The van der Waals surface area contributed by atoms with Crippen LogP contribution in [0.1, 0.15) is 32.6 Å². The van der Waals surface area contributed by atoms with Gasteiger partial charge < -0.3 is 19.5 Å². The Balaban J connectivity index is 1.70. The molecule has 1 saturated carbocycles. The average Bonchev–Trinajstić information content (AvgIpc) is 2.79. The minimum atomic E-state index is -0.346. The predicted molar refractivity (Wildman–Crippen MR) is 61.5 cm³/mol. The first-order chi connectivity index (χ1) is 8.24. The van der Waals surface area contributed by atoms with Crippen LogP contribution in [0.2, 0.25) is 0 Å². The van der Waals surface area contributed by atoms with Gasteiger partial charge in [-0.1, -0.05) is 0 Å². The van der Waals surface area contributed by atoms with E-state index >= 15 is 0 Å². The molecule has 1 aliphatic carbocycles. The van der Waals surface area contributed by atoms with Crippen molar-refractivity contribution in [3.8, 4) is 0 Å². The maximum Gasteiger partial charge on any atom is 0.246 e. The summed E-state index contributed by atoms with van der Waals surface area (Å²) in [5.74, 6) is -0.373. The van der Waals surface area contributed by atoms with Crippen molar-refractivity contribution in [3.05, 3.63) is 0 Å². The first-order valence-corrected chi connectivity index (χ1v) is 6.39. The lowest BCUT2D eigenvalue weighted by molar-refractivity contribution is -0.180. The summed E-state index contributed by atoms with van der Waals surface area (Å²) in [6, 6.07) is 0.237. The summed E-state index contributed by atoms with van der Waals surface area (Å²) in [5, 5.41) is 2.98. The summed E-state index contributed by atoms with van der Waals surface area (Å²) < 4.78 is 16.3. The average molecular weight is 243 g/mol. The zero-order chi connectivity index (χ0) is 12.1. The van der Waals surface area contributed by atoms with Crippen molar-refractivity contribution in [2.24, 2.45) is 0 Å². The topological polar surface area (TPSA) is 56.8 Å². The van der Waals surface area contributed by atoms with E-state index < -0.39 is 0 Å². The quantitative estimate of drug-likeness (QED) is 0.794. The molecule has 0 unspecified atom stereocenters. The van der Waals surface area contributed by atoms with Crippen LogP contribution in [0.4, 0.5) is 0 Å². The molecule has 5 nitrogen and oxygen atoms in total. The van der Waals surface area contributed by atoms with E-state index in [0.29, 0.717) is 19.8 Å². The highest BCUT2D eigenvalue weighted by Gasteiger charge is 2.40. The number of carbonyl (C=O) groups excluding carboxylic acids is 1. The first kappa shape index (κ1) is 12.8. The highest BCUT2D eigenvalue weighted by Crippen LogP contribution is 2.35. The third-order valence-corrected chi connectivity index (χ3v) is 3.36. The molecule has 2 rings (SSSR count). The minimum absolute atomic E-state index is 0.0268. The van der Waals surface area contributed by atoms with Gasteiger partial charge in [-0.05, 0) is 19.8 Å². The number of hydrogen-bond donors (Lipinski definition) is 1. The van der Waals surface area contributed by atoms with E-state index in [1.165, 1.54) is 0 Å². The number of hydrogen-bond acceptors (Lipinski definition) is 4. The number of amides is 1. The van der Waals surface area contributed by atoms with Crippen molar-refractivity contribution in [1.82, 2.24) is 5.32 Å². The molecule has 5 heteroatoms. The predicted octanol–water partition coefficient (Wildman–Crippen LogP) is 0.825. The van der Waals surface area contributed by atoms with Gasteiger partial charge in [0.2, 0.25) is 5.91 Å². The normalized spacial score (nSPS) is 24.1. The van der Waals surface area contributed by atoms with E-state index in [4.69, 9.17) is 14.2 Å². The second kappa shape index (κ2) is 5.80. The summed E-state index contributed by atoms with van der Waals surface area (Å²) >= 11 is 0. The Bertz CT molecular complexity index is 253. The van der Waals surface area contributed by atoms with Crippen molar-refractivity contribution >= 4 is 5.91 Å². The molecule has 1 amide bonds. The largest absolute Gasteiger partial charge is 0.372 e. The van der Waals surface area contributed by atoms with Crippen molar-refractivity contribution in [3.63, 3.8) is 0 Å². The zero-order valence-electron chi connectivity index (χ0n) is 10.4. The highest BCUT2D eigenvalue weighted by atomic mass is 16.7. The molecule has 2 aliphatic rings. The fourth-order valence-corrected chi connectivity index (χ4v) is 2.45. The first-order valence-electron chi connectivity index (χ1n) is 6.39. The lowest BCUT2D eigenvalue weighted by Crippen LogP contribution is -2.44. The summed E-state index contributed by atoms with van der Waals surface area (Å²) in [5.41, 5.74) is 0. The molecule has 17 heavy (non-hydrogen) atoms. The minimum Gasteiger partial charge on any atom is -0.372 e. The van der Waals surface area contributed by atoms with E-state index in [2.05, 4.69) is 5.32 Å². The molecule has 2 fully saturated rings. The molecule has 98 valence electrons. The number of carbonyl (C=O) groups is 1. The Hall–Kier alpha value is -0.650. The Morgan fingerprint density at radius 2 is 2.00 bits per heavy atom. The molecule has 1 aliphatic heterocycles. The summed E-state index contributed by atoms with van der Waals surface area (Å²) in [6.45, 7) is 4.00. The summed E-state index contributed by atoms with van der Waals surface area (Å²) in [7, 11) is 0. The van der Waals surface area contributed by atoms with Crippen molar-refractivity contribution in [2.75, 3.05) is 26.4 Å². The summed E-state index contributed by atoms with van der Waals surface area (Å²) in [4.78, 5) is 11.5. The standard InChI is InChI=1S/C12H21NO4/c1-2-15-9-11(14)13-10-3-5-12(6-4-10)16-7-8-17-12/h10H,2-9H2,1H3,(H,13,14). The lowest BCUT2D eigenvalue weighted by Gasteiger charge is -2.35. The van der Waals surface area contributed by atoms with E-state index in [0.717, 1.165) is 25.7 Å². The van der Waals surface area contributed by atoms with E-state index in [-0.39, 0.29) is 24.3 Å². The van der Waals surface area contributed by atoms with Crippen LogP contribution in [0.25, 0.3) is 0 Å². The molecular formula is C12H21NO4. The third-order valence-electron chi connectivity index (χ3n) is 3.36. The van der Waals surface area contributed by atoms with Gasteiger partial charge in [0.05, 0.1) is 13.2 Å². The summed E-state index contributed by atoms with van der Waals surface area (Å²) in [6.07, 6.45) is 3.56. The Morgan fingerprint density at radius 3 is 2.59 bits per heavy atom. The van der Waals surface area contributed by atoms with Crippen molar-refractivity contribution < 1.29 is 19.0 Å². The number of rotatable bonds is 4. The van der Waals surface area contributed by atoms with Crippen LogP contribution in [-0.2, 0) is 19.0 Å². The van der Waals surface area contributed by atoms with Crippen LogP contribution in [0, 0.1) is 0 Å². The van der Waals surface area contributed by atoms with Crippen LogP contribution >= 0.6 is 0 Å². The van der Waals surface area contributed by atoms with Gasteiger partial charge in [0.25, 0.3) is 0 Å². The van der Waals surface area contributed by atoms with Crippen LogP contribution in [-0.4, -0.2) is 44.2 Å². The molecule has 0 atom stereocenters. The van der Waals surface area contributed by atoms with Gasteiger partial charge in [0, 0.05) is 25.5 Å².